The number of Topliss-reactive ketones (excluding diaryl/α,β-unsaturated/α-hetero) is 2. The Morgan fingerprint density at radius 3 is 2.50 bits per heavy atom. The highest BCUT2D eigenvalue weighted by Crippen LogP contribution is 2.54. The lowest BCUT2D eigenvalue weighted by atomic mass is 9.57. The van der Waals surface area contributed by atoms with E-state index in [0.29, 0.717) is 23.5 Å². The van der Waals surface area contributed by atoms with Gasteiger partial charge in [-0.3, -0.25) is 19.3 Å². The number of aliphatic hydroxyl groups is 3. The molecule has 0 saturated heterocycles. The number of hydrogen-bond acceptors (Lipinski definition) is 9. The first-order valence-corrected chi connectivity index (χ1v) is 14.5. The van der Waals surface area contributed by atoms with Gasteiger partial charge in [0.05, 0.1) is 24.1 Å². The Labute approximate surface area is 243 Å². The van der Waals surface area contributed by atoms with Crippen LogP contribution < -0.4 is 5.73 Å². The molecule has 1 aromatic heterocycles. The number of phenolic OH excluding ortho intramolecular Hbond substituents is 1. The van der Waals surface area contributed by atoms with Crippen LogP contribution in [0, 0.1) is 17.8 Å². The number of rotatable bonds is 6. The van der Waals surface area contributed by atoms with Crippen molar-refractivity contribution in [2.75, 3.05) is 14.1 Å². The molecule has 1 unspecified atom stereocenters. The van der Waals surface area contributed by atoms with Gasteiger partial charge in [-0.2, -0.15) is 0 Å². The summed E-state index contributed by atoms with van der Waals surface area (Å²) in [5.41, 5.74) is 4.68. The zero-order chi connectivity index (χ0) is 30.1. The van der Waals surface area contributed by atoms with Crippen LogP contribution in [0.2, 0.25) is 0 Å². The number of aromatic hydroxyl groups is 1. The van der Waals surface area contributed by atoms with Crippen LogP contribution in [0.15, 0.2) is 46.0 Å². The minimum absolute atomic E-state index is 0.0424. The molecule has 2 saturated carbocycles. The number of phenols is 1. The number of primary amides is 1. The molecule has 0 spiro atoms. The van der Waals surface area contributed by atoms with Crippen LogP contribution in [-0.4, -0.2) is 68.5 Å². The van der Waals surface area contributed by atoms with Gasteiger partial charge in [0.1, 0.15) is 22.8 Å². The van der Waals surface area contributed by atoms with Gasteiger partial charge in [0.15, 0.2) is 11.4 Å². The van der Waals surface area contributed by atoms with Crippen molar-refractivity contribution in [2.45, 2.75) is 63.0 Å². The maximum absolute atomic E-state index is 14.2. The van der Waals surface area contributed by atoms with Gasteiger partial charge in [0.25, 0.3) is 5.91 Å². The zero-order valence-corrected chi connectivity index (χ0v) is 23.7. The van der Waals surface area contributed by atoms with Gasteiger partial charge in [-0.25, -0.2) is 0 Å². The monoisotopic (exact) mass is 576 g/mol. The molecule has 42 heavy (non-hydrogen) atoms. The van der Waals surface area contributed by atoms with Crippen LogP contribution in [-0.2, 0) is 27.2 Å². The van der Waals surface area contributed by atoms with E-state index in [4.69, 9.17) is 10.2 Å². The lowest BCUT2D eigenvalue weighted by molar-refractivity contribution is -0.153. The molecule has 1 aromatic carbocycles. The molecule has 10 heteroatoms. The molecule has 6 rings (SSSR count). The summed E-state index contributed by atoms with van der Waals surface area (Å²) in [4.78, 5) is 41.2. The van der Waals surface area contributed by atoms with Crippen LogP contribution >= 0.6 is 0 Å². The molecule has 1 amide bonds. The molecule has 4 aliphatic carbocycles. The molecular formula is C32H36N2O8. The molecule has 222 valence electrons. The van der Waals surface area contributed by atoms with Gasteiger partial charge in [-0.05, 0) is 80.4 Å². The van der Waals surface area contributed by atoms with Gasteiger partial charge in [0, 0.05) is 17.1 Å². The van der Waals surface area contributed by atoms with Crippen molar-refractivity contribution in [3.8, 4) is 16.9 Å². The molecule has 0 radical (unpaired) electrons. The maximum atomic E-state index is 14.2. The molecular weight excluding hydrogens is 540 g/mol. The van der Waals surface area contributed by atoms with Crippen LogP contribution in [0.25, 0.3) is 16.9 Å². The first-order chi connectivity index (χ1) is 20.0. The highest BCUT2D eigenvalue weighted by molar-refractivity contribution is 6.24. The molecule has 10 nitrogen and oxygen atoms in total. The number of furan rings is 1. The third kappa shape index (κ3) is 4.03. The third-order valence-electron chi connectivity index (χ3n) is 9.93. The van der Waals surface area contributed by atoms with E-state index in [1.165, 1.54) is 17.7 Å². The van der Waals surface area contributed by atoms with Crippen LogP contribution in [0.5, 0.6) is 5.75 Å². The fourth-order valence-corrected chi connectivity index (χ4v) is 7.89. The number of aryl methyl sites for hydroxylation is 1. The Morgan fingerprint density at radius 2 is 1.88 bits per heavy atom. The quantitative estimate of drug-likeness (QED) is 0.323. The number of nitrogens with two attached hydrogens (primary N) is 1. The summed E-state index contributed by atoms with van der Waals surface area (Å²) in [5.74, 6) is -5.92. The van der Waals surface area contributed by atoms with E-state index >= 15 is 0 Å². The Morgan fingerprint density at radius 1 is 1.17 bits per heavy atom. The van der Waals surface area contributed by atoms with Crippen molar-refractivity contribution in [3.05, 3.63) is 58.3 Å². The normalized spacial score (nSPS) is 27.9. The number of hydrogen-bond donors (Lipinski definition) is 5. The SMILES string of the molecule is CN(C)C1C(=O)C(C(N)=O)=C(O)[C@@]2(O)C(=O)C3=C(O)c4c(O)c(CCC5CCCC5)cc(-c5ccoc5)c4C[C@H]3C[C@@H]12. The average molecular weight is 577 g/mol. The molecule has 2 aromatic rings. The minimum Gasteiger partial charge on any atom is -0.508 e. The maximum Gasteiger partial charge on any atom is 0.255 e. The second-order valence-electron chi connectivity index (χ2n) is 12.4. The van der Waals surface area contributed by atoms with Gasteiger partial charge in [0.2, 0.25) is 5.78 Å². The van der Waals surface area contributed by atoms with Crippen molar-refractivity contribution in [1.82, 2.24) is 4.90 Å². The summed E-state index contributed by atoms with van der Waals surface area (Å²) in [6.07, 6.45) is 9.54. The first-order valence-electron chi connectivity index (χ1n) is 14.5. The van der Waals surface area contributed by atoms with Gasteiger partial charge in [-0.15, -0.1) is 0 Å². The number of nitrogens with zero attached hydrogens (tertiary/aromatic N) is 1. The smallest absolute Gasteiger partial charge is 0.255 e. The summed E-state index contributed by atoms with van der Waals surface area (Å²) < 4.78 is 5.36. The third-order valence-corrected chi connectivity index (χ3v) is 9.93. The number of benzene rings is 1. The Hall–Kier alpha value is -3.89. The number of carbonyl (C=O) groups is 3. The number of ketones is 2. The fraction of sp³-hybridized carbons (Fsp3) is 0.469. The Bertz CT molecular complexity index is 1550. The van der Waals surface area contributed by atoms with Crippen molar-refractivity contribution >= 4 is 23.2 Å². The van der Waals surface area contributed by atoms with E-state index in [1.54, 1.807) is 32.7 Å². The molecule has 6 N–H and O–H groups in total. The van der Waals surface area contributed by atoms with Gasteiger partial charge < -0.3 is 30.6 Å². The molecule has 0 bridgehead atoms. The van der Waals surface area contributed by atoms with Crippen LogP contribution in [0.1, 0.15) is 55.2 Å². The highest BCUT2D eigenvalue weighted by Gasteiger charge is 2.64. The fourth-order valence-electron chi connectivity index (χ4n) is 7.89. The number of amides is 1. The molecule has 4 aliphatic rings. The van der Waals surface area contributed by atoms with Crippen LogP contribution in [0.3, 0.4) is 0 Å². The largest absolute Gasteiger partial charge is 0.508 e. The number of fused-ring (bicyclic) bond motifs is 3. The topological polar surface area (TPSA) is 175 Å². The molecule has 2 fully saturated rings. The highest BCUT2D eigenvalue weighted by atomic mass is 16.3. The second kappa shape index (κ2) is 10.1. The molecule has 1 heterocycles. The van der Waals surface area contributed by atoms with Crippen LogP contribution in [0.4, 0.5) is 0 Å². The summed E-state index contributed by atoms with van der Waals surface area (Å²) in [7, 11) is 3.16. The summed E-state index contributed by atoms with van der Waals surface area (Å²) in [6.45, 7) is 0. The predicted octanol–water partition coefficient (Wildman–Crippen LogP) is 3.35. The number of likely N-dealkylation sites (N-methyl/N-ethyl adjacent to an activating group) is 1. The van der Waals surface area contributed by atoms with E-state index < -0.39 is 58.0 Å². The van der Waals surface area contributed by atoms with E-state index in [2.05, 4.69) is 0 Å². The zero-order valence-electron chi connectivity index (χ0n) is 23.7. The summed E-state index contributed by atoms with van der Waals surface area (Å²) >= 11 is 0. The van der Waals surface area contributed by atoms with Gasteiger partial charge in [-0.1, -0.05) is 25.7 Å². The first kappa shape index (κ1) is 28.2. The van der Waals surface area contributed by atoms with E-state index in [0.717, 1.165) is 30.4 Å². The van der Waals surface area contributed by atoms with Crippen molar-refractivity contribution in [3.63, 3.8) is 0 Å². The second-order valence-corrected chi connectivity index (χ2v) is 12.4. The number of carbonyl (C=O) groups excluding carboxylic acids is 3. The minimum atomic E-state index is -2.66. The van der Waals surface area contributed by atoms with E-state index in [1.807, 2.05) is 6.07 Å². The predicted molar refractivity (Wildman–Crippen MR) is 152 cm³/mol. The van der Waals surface area contributed by atoms with Crippen molar-refractivity contribution < 1.29 is 39.2 Å². The molecule has 4 atom stereocenters. The molecule has 0 aliphatic heterocycles. The lowest BCUT2D eigenvalue weighted by Gasteiger charge is -2.50. The average Bonchev–Trinajstić information content (AvgIpc) is 3.65. The van der Waals surface area contributed by atoms with E-state index in [-0.39, 0.29) is 29.7 Å². The lowest BCUT2D eigenvalue weighted by Crippen LogP contribution is -2.65. The standard InChI is InChI=1S/C32H36N2O8/c1-34(2)25-21-13-18-12-20-19(17-9-10-42-14-17)11-16(8-7-15-5-3-4-6-15)26(35)23(20)27(36)22(18)29(38)32(21,41)30(39)24(28(25)37)31(33)40/h9-11,14-15,18,21,25,35-36,39,41H,3-8,12-13H2,1-2H3,(H2,33,40)/t18-,21-,25?,32-/m0/s1. The van der Waals surface area contributed by atoms with Gasteiger partial charge >= 0.3 is 0 Å². The Kier molecular flexibility index (Phi) is 6.81. The Balaban J connectivity index is 1.52. The summed E-state index contributed by atoms with van der Waals surface area (Å²) in [5, 5.41) is 46.2. The summed E-state index contributed by atoms with van der Waals surface area (Å²) in [6, 6.07) is 2.60. The van der Waals surface area contributed by atoms with Crippen molar-refractivity contribution in [2.24, 2.45) is 23.5 Å². The van der Waals surface area contributed by atoms with E-state index in [9.17, 15) is 34.8 Å². The number of aliphatic hydroxyl groups excluding tert-OH is 2. The van der Waals surface area contributed by atoms with Crippen molar-refractivity contribution in [1.29, 1.82) is 0 Å².